The molecule has 134 valence electrons. The molecule has 0 unspecified atom stereocenters. The Hall–Kier alpha value is -0.133. The van der Waals surface area contributed by atoms with E-state index in [1.54, 1.807) is 0 Å². The third kappa shape index (κ3) is 5.71. The van der Waals surface area contributed by atoms with Crippen molar-refractivity contribution in [3.63, 3.8) is 0 Å². The summed E-state index contributed by atoms with van der Waals surface area (Å²) in [7, 11) is -1.67. The normalized spacial score (nSPS) is 22.6. The third-order valence-electron chi connectivity index (χ3n) is 4.58. The van der Waals surface area contributed by atoms with Gasteiger partial charge in [-0.25, -0.2) is 4.79 Å². The summed E-state index contributed by atoms with van der Waals surface area (Å²) in [6, 6.07) is 0. The molecule has 0 N–H and O–H groups in total. The van der Waals surface area contributed by atoms with Crippen LogP contribution in [0.15, 0.2) is 9.68 Å². The average molecular weight is 405 g/mol. The van der Waals surface area contributed by atoms with E-state index in [-0.39, 0.29) is 12.1 Å². The molecule has 0 fully saturated rings. The number of carbonyl (C=O) groups is 1. The van der Waals surface area contributed by atoms with Crippen molar-refractivity contribution in [1.82, 2.24) is 0 Å². The van der Waals surface area contributed by atoms with Crippen LogP contribution in [0.25, 0.3) is 0 Å². The first-order chi connectivity index (χ1) is 10.8. The summed E-state index contributed by atoms with van der Waals surface area (Å²) in [4.78, 5) is 12.6. The summed E-state index contributed by atoms with van der Waals surface area (Å²) in [6.45, 7) is 13.7. The molecule has 0 radical (unpaired) electrons. The highest BCUT2D eigenvalue weighted by Gasteiger charge is 2.42. The summed E-state index contributed by atoms with van der Waals surface area (Å²) < 4.78 is 13.0. The number of esters is 1. The summed E-state index contributed by atoms with van der Waals surface area (Å²) in [5, 5.41) is 1.17. The number of carbonyl (C=O) groups excluding carboxylic acids is 1. The van der Waals surface area contributed by atoms with Gasteiger partial charge in [-0.2, -0.15) is 0 Å². The minimum absolute atomic E-state index is 0.100. The lowest BCUT2D eigenvalue weighted by Gasteiger charge is -2.39. The largest absolute Gasteiger partial charge is 0.464 e. The van der Waals surface area contributed by atoms with E-state index < -0.39 is 14.2 Å². The molecular formula is C18H33BrO3Si. The van der Waals surface area contributed by atoms with E-state index in [0.29, 0.717) is 12.5 Å². The van der Waals surface area contributed by atoms with E-state index in [0.717, 1.165) is 32.1 Å². The number of hydrogen-bond acceptors (Lipinski definition) is 3. The molecule has 1 aliphatic rings. The van der Waals surface area contributed by atoms with Crippen molar-refractivity contribution >= 4 is 30.0 Å². The average Bonchev–Trinajstić information content (AvgIpc) is 2.46. The minimum atomic E-state index is -1.67. The van der Waals surface area contributed by atoms with Gasteiger partial charge >= 0.3 is 5.97 Å². The van der Waals surface area contributed by atoms with E-state index in [9.17, 15) is 4.79 Å². The standard InChI is InChI=1S/C18H33BrO3Si/c1-7-10-11-21-18(20)16-17(23(4,5)6)14(19)12-15(22-16)13(8-2)9-3/h13,15-16H,7-12H2,1-6H3/t15-,16-/m1/s1. The van der Waals surface area contributed by atoms with Gasteiger partial charge in [0.05, 0.1) is 20.8 Å². The van der Waals surface area contributed by atoms with E-state index >= 15 is 0 Å². The van der Waals surface area contributed by atoms with E-state index in [4.69, 9.17) is 9.47 Å². The van der Waals surface area contributed by atoms with Crippen LogP contribution in [0.3, 0.4) is 0 Å². The zero-order chi connectivity index (χ0) is 17.6. The molecule has 5 heteroatoms. The van der Waals surface area contributed by atoms with Gasteiger partial charge in [0.25, 0.3) is 0 Å². The Morgan fingerprint density at radius 2 is 1.91 bits per heavy atom. The molecule has 0 aliphatic carbocycles. The van der Waals surface area contributed by atoms with Gasteiger partial charge in [0.15, 0.2) is 6.10 Å². The van der Waals surface area contributed by atoms with Crippen LogP contribution in [0.4, 0.5) is 0 Å². The molecule has 0 aromatic heterocycles. The van der Waals surface area contributed by atoms with Gasteiger partial charge in [0, 0.05) is 6.42 Å². The van der Waals surface area contributed by atoms with Crippen molar-refractivity contribution < 1.29 is 14.3 Å². The maximum Gasteiger partial charge on any atom is 0.339 e. The van der Waals surface area contributed by atoms with Crippen LogP contribution in [-0.2, 0) is 14.3 Å². The van der Waals surface area contributed by atoms with Crippen molar-refractivity contribution in [1.29, 1.82) is 0 Å². The topological polar surface area (TPSA) is 35.5 Å². The zero-order valence-corrected chi connectivity index (χ0v) is 18.2. The van der Waals surface area contributed by atoms with Crippen molar-refractivity contribution in [3.8, 4) is 0 Å². The van der Waals surface area contributed by atoms with E-state index in [2.05, 4.69) is 56.3 Å². The fourth-order valence-corrected chi connectivity index (χ4v) is 7.38. The fraction of sp³-hybridized carbons (Fsp3) is 0.833. The maximum atomic E-state index is 12.6. The van der Waals surface area contributed by atoms with Crippen LogP contribution in [0.1, 0.15) is 52.9 Å². The summed E-state index contributed by atoms with van der Waals surface area (Å²) in [5.74, 6) is 0.278. The fourth-order valence-electron chi connectivity index (χ4n) is 3.18. The molecule has 1 rings (SSSR count). The molecule has 0 spiro atoms. The molecule has 3 nitrogen and oxygen atoms in total. The minimum Gasteiger partial charge on any atom is -0.464 e. The predicted molar refractivity (Wildman–Crippen MR) is 103 cm³/mol. The van der Waals surface area contributed by atoms with Gasteiger partial charge in [0.1, 0.15) is 0 Å². The molecule has 0 aromatic carbocycles. The summed E-state index contributed by atoms with van der Waals surface area (Å²) >= 11 is 3.77. The maximum absolute atomic E-state index is 12.6. The lowest BCUT2D eigenvalue weighted by atomic mass is 9.92. The number of unbranched alkanes of at least 4 members (excludes halogenated alkanes) is 1. The monoisotopic (exact) mass is 404 g/mol. The van der Waals surface area contributed by atoms with Crippen LogP contribution < -0.4 is 0 Å². The molecular weight excluding hydrogens is 372 g/mol. The van der Waals surface area contributed by atoms with Gasteiger partial charge in [0.2, 0.25) is 0 Å². The highest BCUT2D eigenvalue weighted by molar-refractivity contribution is 9.11. The van der Waals surface area contributed by atoms with Gasteiger partial charge in [-0.1, -0.05) is 75.6 Å². The Morgan fingerprint density at radius 3 is 2.39 bits per heavy atom. The SMILES string of the molecule is CCCCOC(=O)[C@@H]1O[C@@H](C(CC)CC)CC(Br)=C1[Si](C)(C)C. The van der Waals surface area contributed by atoms with Gasteiger partial charge in [-0.15, -0.1) is 0 Å². The molecule has 1 heterocycles. The Labute approximate surface area is 151 Å². The molecule has 0 aromatic rings. The Kier molecular flexibility index (Phi) is 8.52. The van der Waals surface area contributed by atoms with Crippen LogP contribution in [0.5, 0.6) is 0 Å². The first-order valence-corrected chi connectivity index (χ1v) is 13.3. The summed E-state index contributed by atoms with van der Waals surface area (Å²) in [5.41, 5.74) is 0. The molecule has 0 saturated carbocycles. The Morgan fingerprint density at radius 1 is 1.30 bits per heavy atom. The lowest BCUT2D eigenvalue weighted by molar-refractivity contribution is -0.160. The highest BCUT2D eigenvalue weighted by atomic mass is 79.9. The third-order valence-corrected chi connectivity index (χ3v) is 7.88. The molecule has 2 atom stereocenters. The smallest absolute Gasteiger partial charge is 0.339 e. The van der Waals surface area contributed by atoms with E-state index in [1.807, 2.05) is 0 Å². The van der Waals surface area contributed by atoms with Crippen molar-refractivity contribution in [2.45, 2.75) is 84.7 Å². The quantitative estimate of drug-likeness (QED) is 0.306. The number of ether oxygens (including phenoxy) is 2. The van der Waals surface area contributed by atoms with Gasteiger partial charge in [-0.3, -0.25) is 0 Å². The first kappa shape index (κ1) is 20.9. The van der Waals surface area contributed by atoms with E-state index in [1.165, 1.54) is 9.68 Å². The molecule has 23 heavy (non-hydrogen) atoms. The number of hydrogen-bond donors (Lipinski definition) is 0. The van der Waals surface area contributed by atoms with Gasteiger partial charge < -0.3 is 9.47 Å². The molecule has 1 aliphatic heterocycles. The second-order valence-electron chi connectivity index (χ2n) is 7.42. The lowest BCUT2D eigenvalue weighted by Crippen LogP contribution is -2.46. The Bertz CT molecular complexity index is 424. The highest BCUT2D eigenvalue weighted by Crippen LogP contribution is 2.39. The second kappa shape index (κ2) is 9.38. The molecule has 0 bridgehead atoms. The number of halogens is 1. The van der Waals surface area contributed by atoms with Crippen LogP contribution in [0.2, 0.25) is 19.6 Å². The van der Waals surface area contributed by atoms with Crippen LogP contribution in [0, 0.1) is 5.92 Å². The van der Waals surface area contributed by atoms with Crippen molar-refractivity contribution in [2.24, 2.45) is 5.92 Å². The van der Waals surface area contributed by atoms with Crippen molar-refractivity contribution in [2.75, 3.05) is 6.61 Å². The van der Waals surface area contributed by atoms with Crippen LogP contribution in [-0.4, -0.2) is 32.9 Å². The van der Waals surface area contributed by atoms with Gasteiger partial charge in [-0.05, 0) is 22.0 Å². The number of rotatable bonds is 8. The van der Waals surface area contributed by atoms with Crippen LogP contribution >= 0.6 is 15.9 Å². The predicted octanol–water partition coefficient (Wildman–Crippen LogP) is 5.45. The molecule has 0 amide bonds. The first-order valence-electron chi connectivity index (χ1n) is 8.97. The Balaban J connectivity index is 3.04. The zero-order valence-electron chi connectivity index (χ0n) is 15.6. The van der Waals surface area contributed by atoms with Crippen molar-refractivity contribution in [3.05, 3.63) is 9.68 Å². The second-order valence-corrected chi connectivity index (χ2v) is 13.4. The summed E-state index contributed by atoms with van der Waals surface area (Å²) in [6.07, 6.45) is 4.53. The molecule has 0 saturated heterocycles.